The van der Waals surface area contributed by atoms with Crippen molar-refractivity contribution in [1.82, 2.24) is 15.1 Å². The van der Waals surface area contributed by atoms with E-state index in [1.54, 1.807) is 13.8 Å². The standard InChI is InChI=1S/C27H30F2N4O4/c1-26(2)23(18-8-9-21(28)22(29)14-18)33(25(36)37-26)24(35)31-15-20(34)16-32-12-10-27(17-30,11-13-32)19-6-4-3-5-7-19/h3-9,14,20,23,34H,10-13,15-16H2,1-2H3,(H,31,35). The van der Waals surface area contributed by atoms with E-state index < -0.39 is 46.9 Å². The van der Waals surface area contributed by atoms with E-state index in [0.717, 1.165) is 22.6 Å². The Hall–Kier alpha value is -3.55. The number of hydrogen-bond acceptors (Lipinski definition) is 6. The molecular formula is C27H30F2N4O4. The van der Waals surface area contributed by atoms with E-state index in [1.165, 1.54) is 6.07 Å². The predicted octanol–water partition coefficient (Wildman–Crippen LogP) is 3.86. The van der Waals surface area contributed by atoms with Crippen molar-refractivity contribution in [3.63, 3.8) is 0 Å². The van der Waals surface area contributed by atoms with Crippen LogP contribution in [0.15, 0.2) is 48.5 Å². The molecule has 8 nitrogen and oxygen atoms in total. The van der Waals surface area contributed by atoms with E-state index in [4.69, 9.17) is 4.74 Å². The largest absolute Gasteiger partial charge is 0.440 e. The number of likely N-dealkylation sites (tertiary alicyclic amines) is 1. The summed E-state index contributed by atoms with van der Waals surface area (Å²) in [6.45, 7) is 4.51. The summed E-state index contributed by atoms with van der Waals surface area (Å²) in [5.41, 5.74) is -0.551. The highest BCUT2D eigenvalue weighted by molar-refractivity contribution is 5.93. The summed E-state index contributed by atoms with van der Waals surface area (Å²) in [7, 11) is 0. The van der Waals surface area contributed by atoms with Gasteiger partial charge in [0.05, 0.1) is 17.6 Å². The average Bonchev–Trinajstić information content (AvgIpc) is 3.13. The topological polar surface area (TPSA) is 106 Å². The molecule has 2 atom stereocenters. The number of aliphatic hydroxyl groups excluding tert-OH is 1. The number of piperidine rings is 1. The summed E-state index contributed by atoms with van der Waals surface area (Å²) in [5.74, 6) is -2.14. The van der Waals surface area contributed by atoms with Crippen LogP contribution in [0, 0.1) is 23.0 Å². The Bertz CT molecular complexity index is 1190. The van der Waals surface area contributed by atoms with Gasteiger partial charge in [0.25, 0.3) is 0 Å². The Morgan fingerprint density at radius 1 is 1.19 bits per heavy atom. The Labute approximate surface area is 214 Å². The molecule has 2 aliphatic heterocycles. The minimum atomic E-state index is -1.18. The molecule has 0 saturated carbocycles. The maximum atomic E-state index is 13.9. The minimum Gasteiger partial charge on any atom is -0.440 e. The first-order chi connectivity index (χ1) is 17.6. The van der Waals surface area contributed by atoms with Gasteiger partial charge in [0, 0.05) is 26.2 Å². The lowest BCUT2D eigenvalue weighted by Gasteiger charge is -2.38. The Morgan fingerprint density at radius 3 is 2.49 bits per heavy atom. The van der Waals surface area contributed by atoms with Crippen LogP contribution < -0.4 is 5.32 Å². The highest BCUT2D eigenvalue weighted by atomic mass is 19.2. The summed E-state index contributed by atoms with van der Waals surface area (Å²) in [5, 5.41) is 23.0. The van der Waals surface area contributed by atoms with Gasteiger partial charge in [-0.2, -0.15) is 5.26 Å². The lowest BCUT2D eigenvalue weighted by Crippen LogP contribution is -2.49. The number of aliphatic hydroxyl groups is 1. The number of urea groups is 1. The zero-order valence-corrected chi connectivity index (χ0v) is 20.8. The number of benzene rings is 2. The number of halogens is 2. The Kier molecular flexibility index (Phi) is 7.48. The molecule has 0 bridgehead atoms. The molecule has 3 amide bonds. The maximum absolute atomic E-state index is 13.9. The van der Waals surface area contributed by atoms with Gasteiger partial charge in [-0.3, -0.25) is 0 Å². The van der Waals surface area contributed by atoms with Crippen molar-refractivity contribution in [2.24, 2.45) is 0 Å². The summed E-state index contributed by atoms with van der Waals surface area (Å²) in [6, 6.07) is 13.5. The number of cyclic esters (lactones) is 1. The van der Waals surface area contributed by atoms with Gasteiger partial charge in [0.2, 0.25) is 0 Å². The molecule has 37 heavy (non-hydrogen) atoms. The number of nitriles is 1. The first kappa shape index (κ1) is 26.5. The number of rotatable bonds is 6. The molecule has 10 heteroatoms. The number of amides is 3. The number of β-amino-alcohol motifs (C(OH)–C–C–N with tert-alkyl or cyclic N) is 1. The van der Waals surface area contributed by atoms with E-state index in [9.17, 15) is 28.7 Å². The number of nitrogens with one attached hydrogen (secondary N) is 1. The zero-order chi connectivity index (χ0) is 26.8. The first-order valence-corrected chi connectivity index (χ1v) is 12.2. The molecule has 0 aromatic heterocycles. The van der Waals surface area contributed by atoms with Crippen molar-refractivity contribution in [2.75, 3.05) is 26.2 Å². The second-order valence-electron chi connectivity index (χ2n) is 10.1. The van der Waals surface area contributed by atoms with Crippen molar-refractivity contribution in [2.45, 2.75) is 49.9 Å². The van der Waals surface area contributed by atoms with E-state index in [1.807, 2.05) is 35.2 Å². The van der Waals surface area contributed by atoms with Crippen molar-refractivity contribution < 1.29 is 28.2 Å². The molecule has 2 aromatic rings. The second kappa shape index (κ2) is 10.4. The van der Waals surface area contributed by atoms with Crippen LogP contribution >= 0.6 is 0 Å². The molecular weight excluding hydrogens is 482 g/mol. The van der Waals surface area contributed by atoms with Crippen LogP contribution in [-0.4, -0.2) is 64.9 Å². The zero-order valence-electron chi connectivity index (χ0n) is 20.8. The molecule has 0 aliphatic carbocycles. The van der Waals surface area contributed by atoms with Crippen LogP contribution in [0.1, 0.15) is 43.9 Å². The fourth-order valence-electron chi connectivity index (χ4n) is 5.17. The van der Waals surface area contributed by atoms with Gasteiger partial charge in [-0.05, 0) is 49.9 Å². The fraction of sp³-hybridized carbons (Fsp3) is 0.444. The number of hydrogen-bond donors (Lipinski definition) is 2. The molecule has 4 rings (SSSR count). The van der Waals surface area contributed by atoms with Crippen LogP contribution in [0.5, 0.6) is 0 Å². The molecule has 2 N–H and O–H groups in total. The quantitative estimate of drug-likeness (QED) is 0.609. The maximum Gasteiger partial charge on any atom is 0.419 e. The molecule has 196 valence electrons. The highest BCUT2D eigenvalue weighted by Gasteiger charge is 2.51. The van der Waals surface area contributed by atoms with E-state index in [0.29, 0.717) is 25.9 Å². The summed E-state index contributed by atoms with van der Waals surface area (Å²) in [4.78, 5) is 28.3. The van der Waals surface area contributed by atoms with Crippen LogP contribution in [-0.2, 0) is 10.2 Å². The number of carbonyl (C=O) groups excluding carboxylic acids is 2. The van der Waals surface area contributed by atoms with Gasteiger partial charge < -0.3 is 20.1 Å². The fourth-order valence-corrected chi connectivity index (χ4v) is 5.17. The average molecular weight is 513 g/mol. The summed E-state index contributed by atoms with van der Waals surface area (Å²) >= 11 is 0. The van der Waals surface area contributed by atoms with E-state index >= 15 is 0 Å². The van der Waals surface area contributed by atoms with Gasteiger partial charge in [-0.1, -0.05) is 36.4 Å². The van der Waals surface area contributed by atoms with Gasteiger partial charge in [0.1, 0.15) is 11.6 Å². The molecule has 2 fully saturated rings. The highest BCUT2D eigenvalue weighted by Crippen LogP contribution is 2.41. The predicted molar refractivity (Wildman–Crippen MR) is 130 cm³/mol. The van der Waals surface area contributed by atoms with Gasteiger partial charge >= 0.3 is 12.1 Å². The molecule has 0 radical (unpaired) electrons. The number of ether oxygens (including phenoxy) is 1. The van der Waals surface area contributed by atoms with Gasteiger partial charge in [0.15, 0.2) is 11.6 Å². The number of imide groups is 1. The Morgan fingerprint density at radius 2 is 1.86 bits per heavy atom. The second-order valence-corrected chi connectivity index (χ2v) is 10.1. The normalized spacial score (nSPS) is 21.7. The summed E-state index contributed by atoms with van der Waals surface area (Å²) in [6.07, 6.45) is -0.603. The number of carbonyl (C=O) groups is 2. The monoisotopic (exact) mass is 512 g/mol. The van der Waals surface area contributed by atoms with Gasteiger partial charge in [-0.15, -0.1) is 0 Å². The molecule has 2 aromatic carbocycles. The minimum absolute atomic E-state index is 0.133. The third kappa shape index (κ3) is 5.43. The molecule has 2 aliphatic rings. The van der Waals surface area contributed by atoms with Crippen LogP contribution in [0.4, 0.5) is 18.4 Å². The van der Waals surface area contributed by atoms with Crippen molar-refractivity contribution in [1.29, 1.82) is 5.26 Å². The molecule has 2 heterocycles. The summed E-state index contributed by atoms with van der Waals surface area (Å²) < 4.78 is 32.7. The van der Waals surface area contributed by atoms with Crippen LogP contribution in [0.2, 0.25) is 0 Å². The smallest absolute Gasteiger partial charge is 0.419 e. The molecule has 2 saturated heterocycles. The molecule has 0 spiro atoms. The molecule has 2 unspecified atom stereocenters. The number of nitrogens with zero attached hydrogens (tertiary/aromatic N) is 3. The lowest BCUT2D eigenvalue weighted by atomic mass is 9.74. The van der Waals surface area contributed by atoms with Crippen LogP contribution in [0.25, 0.3) is 0 Å². The third-order valence-electron chi connectivity index (χ3n) is 7.15. The van der Waals surface area contributed by atoms with Crippen molar-refractivity contribution in [3.05, 3.63) is 71.3 Å². The lowest BCUT2D eigenvalue weighted by molar-refractivity contribution is 0.0675. The Balaban J connectivity index is 1.35. The van der Waals surface area contributed by atoms with E-state index in [-0.39, 0.29) is 18.7 Å². The first-order valence-electron chi connectivity index (χ1n) is 12.2. The van der Waals surface area contributed by atoms with Crippen LogP contribution in [0.3, 0.4) is 0 Å². The third-order valence-corrected chi connectivity index (χ3v) is 7.15. The van der Waals surface area contributed by atoms with Crippen molar-refractivity contribution >= 4 is 12.1 Å². The van der Waals surface area contributed by atoms with Crippen molar-refractivity contribution in [3.8, 4) is 6.07 Å². The van der Waals surface area contributed by atoms with Gasteiger partial charge in [-0.25, -0.2) is 23.3 Å². The SMILES string of the molecule is CC1(C)OC(=O)N(C(=O)NCC(O)CN2CCC(C#N)(c3ccccc3)CC2)C1c1ccc(F)c(F)c1. The van der Waals surface area contributed by atoms with E-state index in [2.05, 4.69) is 11.4 Å².